The summed E-state index contributed by atoms with van der Waals surface area (Å²) in [4.78, 5) is 4.55. The molecule has 0 spiro atoms. The van der Waals surface area contributed by atoms with Crippen LogP contribution in [-0.2, 0) is 10.0 Å². The number of aryl methyl sites for hydroxylation is 3. The summed E-state index contributed by atoms with van der Waals surface area (Å²) in [5.41, 5.74) is 5.03. The summed E-state index contributed by atoms with van der Waals surface area (Å²) in [6.45, 7) is 5.78. The van der Waals surface area contributed by atoms with Crippen LogP contribution in [0.5, 0.6) is 0 Å². The van der Waals surface area contributed by atoms with E-state index in [0.29, 0.717) is 16.4 Å². The zero-order chi connectivity index (χ0) is 20.3. The van der Waals surface area contributed by atoms with E-state index in [-0.39, 0.29) is 4.90 Å². The van der Waals surface area contributed by atoms with E-state index >= 15 is 0 Å². The second kappa shape index (κ2) is 8.17. The highest BCUT2D eigenvalue weighted by Gasteiger charge is 2.16. The van der Waals surface area contributed by atoms with Gasteiger partial charge in [0.2, 0.25) is 0 Å². The average Bonchev–Trinajstić information content (AvgIpc) is 2.63. The molecule has 0 unspecified atom stereocenters. The summed E-state index contributed by atoms with van der Waals surface area (Å²) in [6, 6.07) is 17.7. The molecule has 0 bridgehead atoms. The summed E-state index contributed by atoms with van der Waals surface area (Å²) < 4.78 is 28.2. The van der Waals surface area contributed by atoms with Crippen molar-refractivity contribution in [1.29, 1.82) is 0 Å². The Hall–Kier alpha value is -2.63. The van der Waals surface area contributed by atoms with E-state index in [4.69, 9.17) is 11.6 Å². The molecule has 0 radical (unpaired) electrons. The Labute approximate surface area is 171 Å². The second-order valence-electron chi connectivity index (χ2n) is 6.69. The zero-order valence-corrected chi connectivity index (χ0v) is 17.5. The molecule has 0 aliphatic heterocycles. The van der Waals surface area contributed by atoms with Crippen molar-refractivity contribution in [1.82, 2.24) is 0 Å². The maximum absolute atomic E-state index is 12.8. The Bertz CT molecular complexity index is 1110. The number of aliphatic imine (C=N–C) groups is 1. The largest absolute Gasteiger partial charge is 0.279 e. The maximum Gasteiger partial charge on any atom is 0.261 e. The van der Waals surface area contributed by atoms with Gasteiger partial charge in [-0.3, -0.25) is 9.71 Å². The van der Waals surface area contributed by atoms with Crippen LogP contribution in [0.25, 0.3) is 0 Å². The van der Waals surface area contributed by atoms with Crippen LogP contribution in [0.2, 0.25) is 5.02 Å². The van der Waals surface area contributed by atoms with E-state index in [1.165, 1.54) is 0 Å². The molecule has 0 aliphatic carbocycles. The van der Waals surface area contributed by atoms with E-state index in [1.807, 2.05) is 45.0 Å². The van der Waals surface area contributed by atoms with Gasteiger partial charge in [-0.1, -0.05) is 41.4 Å². The topological polar surface area (TPSA) is 58.5 Å². The quantitative estimate of drug-likeness (QED) is 0.537. The van der Waals surface area contributed by atoms with Gasteiger partial charge in [0.25, 0.3) is 10.0 Å². The molecule has 0 aliphatic rings. The summed E-state index contributed by atoms with van der Waals surface area (Å²) in [7, 11) is -3.68. The van der Waals surface area contributed by atoms with Crippen molar-refractivity contribution in [2.24, 2.45) is 4.99 Å². The number of halogens is 1. The first kappa shape index (κ1) is 20.1. The lowest BCUT2D eigenvalue weighted by Gasteiger charge is -2.14. The van der Waals surface area contributed by atoms with E-state index < -0.39 is 10.0 Å². The van der Waals surface area contributed by atoms with Crippen LogP contribution in [0.15, 0.2) is 70.6 Å². The molecule has 3 aromatic rings. The highest BCUT2D eigenvalue weighted by molar-refractivity contribution is 7.92. The van der Waals surface area contributed by atoms with Crippen molar-refractivity contribution in [3.8, 4) is 0 Å². The molecule has 3 rings (SSSR count). The number of sulfonamides is 1. The lowest BCUT2D eigenvalue weighted by Crippen LogP contribution is -2.14. The van der Waals surface area contributed by atoms with Gasteiger partial charge in [-0.05, 0) is 73.9 Å². The number of nitrogens with zero attached hydrogens (tertiary/aromatic N) is 1. The first-order valence-corrected chi connectivity index (χ1v) is 10.6. The predicted molar refractivity (Wildman–Crippen MR) is 117 cm³/mol. The van der Waals surface area contributed by atoms with Gasteiger partial charge in [0, 0.05) is 11.2 Å². The number of rotatable bonds is 5. The predicted octanol–water partition coefficient (Wildman–Crippen LogP) is 5.82. The Kier molecular flexibility index (Phi) is 5.87. The number of anilines is 1. The standard InChI is InChI=1S/C22H21ClN2O2S/c1-15-11-16(2)22(17(3)12-15)25-28(26,27)21-9-7-20(8-10-21)24-14-18-5-4-6-19(23)13-18/h4-14,25H,1-3H3. The number of nitrogens with one attached hydrogen (secondary N) is 1. The van der Waals surface area contributed by atoms with Crippen LogP contribution < -0.4 is 4.72 Å². The van der Waals surface area contributed by atoms with E-state index in [1.54, 1.807) is 42.6 Å². The molecule has 3 aromatic carbocycles. The number of hydrogen-bond acceptors (Lipinski definition) is 3. The van der Waals surface area contributed by atoms with Gasteiger partial charge in [0.05, 0.1) is 16.3 Å². The Morgan fingerprint density at radius 1 is 0.929 bits per heavy atom. The van der Waals surface area contributed by atoms with Crippen LogP contribution in [0.1, 0.15) is 22.3 Å². The molecule has 1 N–H and O–H groups in total. The van der Waals surface area contributed by atoms with Crippen LogP contribution in [-0.4, -0.2) is 14.6 Å². The van der Waals surface area contributed by atoms with Gasteiger partial charge in [-0.2, -0.15) is 0 Å². The molecule has 6 heteroatoms. The lowest BCUT2D eigenvalue weighted by molar-refractivity contribution is 0.601. The second-order valence-corrected chi connectivity index (χ2v) is 8.81. The van der Waals surface area contributed by atoms with Crippen molar-refractivity contribution in [2.75, 3.05) is 4.72 Å². The highest BCUT2D eigenvalue weighted by atomic mass is 35.5. The molecule has 144 valence electrons. The third-order valence-corrected chi connectivity index (χ3v) is 5.87. The first-order valence-electron chi connectivity index (χ1n) is 8.75. The third-order valence-electron chi connectivity index (χ3n) is 4.27. The van der Waals surface area contributed by atoms with Gasteiger partial charge in [-0.25, -0.2) is 8.42 Å². The minimum Gasteiger partial charge on any atom is -0.279 e. The van der Waals surface area contributed by atoms with Crippen molar-refractivity contribution in [3.05, 3.63) is 87.9 Å². The fraction of sp³-hybridized carbons (Fsp3) is 0.136. The summed E-state index contributed by atoms with van der Waals surface area (Å²) in [5, 5.41) is 0.637. The molecule has 0 amide bonds. The summed E-state index contributed by atoms with van der Waals surface area (Å²) in [6.07, 6.45) is 1.69. The number of hydrogen-bond donors (Lipinski definition) is 1. The molecule has 0 atom stereocenters. The van der Waals surface area contributed by atoms with E-state index in [0.717, 1.165) is 22.3 Å². The Morgan fingerprint density at radius 2 is 1.57 bits per heavy atom. The fourth-order valence-electron chi connectivity index (χ4n) is 2.98. The molecule has 0 saturated heterocycles. The van der Waals surface area contributed by atoms with E-state index in [9.17, 15) is 8.42 Å². The number of benzene rings is 3. The van der Waals surface area contributed by atoms with Crippen LogP contribution in [0.3, 0.4) is 0 Å². The van der Waals surface area contributed by atoms with Crippen molar-refractivity contribution in [2.45, 2.75) is 25.7 Å². The van der Waals surface area contributed by atoms with E-state index in [2.05, 4.69) is 9.71 Å². The van der Waals surface area contributed by atoms with Crippen LogP contribution >= 0.6 is 11.6 Å². The zero-order valence-electron chi connectivity index (χ0n) is 15.9. The molecule has 0 heterocycles. The van der Waals surface area contributed by atoms with Crippen molar-refractivity contribution in [3.63, 3.8) is 0 Å². The first-order chi connectivity index (χ1) is 13.2. The fourth-order valence-corrected chi connectivity index (χ4v) is 4.38. The SMILES string of the molecule is Cc1cc(C)c(NS(=O)(=O)c2ccc(N=Cc3cccc(Cl)c3)cc2)c(C)c1. The Balaban J connectivity index is 1.80. The van der Waals surface area contributed by atoms with Crippen molar-refractivity contribution < 1.29 is 8.42 Å². The van der Waals surface area contributed by atoms with Gasteiger partial charge in [0.15, 0.2) is 0 Å². The molecular formula is C22H21ClN2O2S. The van der Waals surface area contributed by atoms with Gasteiger partial charge < -0.3 is 0 Å². The molecular weight excluding hydrogens is 392 g/mol. The van der Waals surface area contributed by atoms with Gasteiger partial charge >= 0.3 is 0 Å². The summed E-state index contributed by atoms with van der Waals surface area (Å²) >= 11 is 5.96. The van der Waals surface area contributed by atoms with Crippen LogP contribution in [0, 0.1) is 20.8 Å². The third kappa shape index (κ3) is 4.80. The smallest absolute Gasteiger partial charge is 0.261 e. The summed E-state index contributed by atoms with van der Waals surface area (Å²) in [5.74, 6) is 0. The minimum atomic E-state index is -3.68. The van der Waals surface area contributed by atoms with Crippen molar-refractivity contribution >= 4 is 39.2 Å². The van der Waals surface area contributed by atoms with Gasteiger partial charge in [-0.15, -0.1) is 0 Å². The lowest BCUT2D eigenvalue weighted by atomic mass is 10.1. The normalized spacial score (nSPS) is 11.7. The average molecular weight is 413 g/mol. The van der Waals surface area contributed by atoms with Crippen LogP contribution in [0.4, 0.5) is 11.4 Å². The monoisotopic (exact) mass is 412 g/mol. The highest BCUT2D eigenvalue weighted by Crippen LogP contribution is 2.26. The molecule has 28 heavy (non-hydrogen) atoms. The minimum absolute atomic E-state index is 0.189. The maximum atomic E-state index is 12.8. The van der Waals surface area contributed by atoms with Gasteiger partial charge in [0.1, 0.15) is 0 Å². The molecule has 4 nitrogen and oxygen atoms in total. The Morgan fingerprint density at radius 3 is 2.18 bits per heavy atom. The molecule has 0 fully saturated rings. The molecule has 0 saturated carbocycles. The molecule has 0 aromatic heterocycles.